The van der Waals surface area contributed by atoms with Crippen molar-refractivity contribution in [3.8, 4) is 0 Å². The van der Waals surface area contributed by atoms with E-state index < -0.39 is 0 Å². The van der Waals surface area contributed by atoms with Gasteiger partial charge in [-0.1, -0.05) is 6.07 Å². The zero-order valence-electron chi connectivity index (χ0n) is 19.5. The molecule has 2 aromatic heterocycles. The maximum atomic E-state index is 13.1. The maximum Gasteiger partial charge on any atom is 0.322 e. The number of H-pyrrole nitrogens is 1. The fourth-order valence-corrected chi connectivity index (χ4v) is 4.66. The van der Waals surface area contributed by atoms with Crippen LogP contribution in [-0.2, 0) is 4.74 Å². The minimum atomic E-state index is -0.172. The number of aromatic nitrogens is 3. The molecule has 1 atom stereocenters. The summed E-state index contributed by atoms with van der Waals surface area (Å²) in [5, 5.41) is 3.99. The van der Waals surface area contributed by atoms with Crippen LogP contribution in [0.3, 0.4) is 0 Å². The number of anilines is 2. The second kappa shape index (κ2) is 9.30. The average molecular weight is 464 g/mol. The van der Waals surface area contributed by atoms with Gasteiger partial charge < -0.3 is 29.7 Å². The van der Waals surface area contributed by atoms with E-state index in [-0.39, 0.29) is 18.0 Å². The van der Waals surface area contributed by atoms with Crippen LogP contribution in [0.25, 0.3) is 11.0 Å². The Morgan fingerprint density at radius 2 is 1.97 bits per heavy atom. The van der Waals surface area contributed by atoms with Gasteiger partial charge in [0.1, 0.15) is 17.8 Å². The lowest BCUT2D eigenvalue weighted by Crippen LogP contribution is -2.55. The van der Waals surface area contributed by atoms with Gasteiger partial charge in [0.05, 0.1) is 18.6 Å². The first kappa shape index (κ1) is 22.1. The first-order valence-corrected chi connectivity index (χ1v) is 11.6. The largest absolute Gasteiger partial charge is 0.378 e. The van der Waals surface area contributed by atoms with Crippen molar-refractivity contribution in [1.29, 1.82) is 0 Å². The standard InChI is InChI=1S/C24H29N7O3/c1-16-13-25-21-20(16)22(27-15-26-21)30-6-7-31(17(2)14-30)24(33)28-19-5-3-4-18(12-19)23(32)29-8-10-34-11-9-29/h3-5,12-13,15,17H,6-11,14H2,1-2H3,(H,28,33)(H,25,26,27)/t17-/m0/s1. The van der Waals surface area contributed by atoms with Crippen molar-refractivity contribution in [1.82, 2.24) is 24.8 Å². The van der Waals surface area contributed by atoms with Crippen molar-refractivity contribution >= 4 is 34.5 Å². The zero-order chi connectivity index (χ0) is 23.7. The first-order chi connectivity index (χ1) is 16.5. The molecule has 10 heteroatoms. The minimum Gasteiger partial charge on any atom is -0.378 e. The molecule has 4 heterocycles. The number of carbonyl (C=O) groups excluding carboxylic acids is 2. The van der Waals surface area contributed by atoms with E-state index in [1.54, 1.807) is 35.5 Å². The van der Waals surface area contributed by atoms with Crippen molar-refractivity contribution in [3.05, 3.63) is 47.9 Å². The van der Waals surface area contributed by atoms with Gasteiger partial charge in [-0.15, -0.1) is 0 Å². The molecule has 2 saturated heterocycles. The van der Waals surface area contributed by atoms with Crippen LogP contribution in [0.2, 0.25) is 0 Å². The molecule has 0 saturated carbocycles. The lowest BCUT2D eigenvalue weighted by Gasteiger charge is -2.40. The van der Waals surface area contributed by atoms with Crippen molar-refractivity contribution in [2.45, 2.75) is 19.9 Å². The number of fused-ring (bicyclic) bond motifs is 1. The zero-order valence-corrected chi connectivity index (χ0v) is 19.5. The van der Waals surface area contributed by atoms with E-state index in [2.05, 4.69) is 25.2 Å². The molecule has 0 radical (unpaired) electrons. The number of aromatic amines is 1. The van der Waals surface area contributed by atoms with E-state index in [1.165, 1.54) is 0 Å². The normalized spacial score (nSPS) is 18.9. The van der Waals surface area contributed by atoms with Crippen LogP contribution in [0.4, 0.5) is 16.3 Å². The summed E-state index contributed by atoms with van der Waals surface area (Å²) < 4.78 is 5.33. The van der Waals surface area contributed by atoms with Crippen LogP contribution in [0, 0.1) is 6.92 Å². The Hall–Kier alpha value is -3.66. The minimum absolute atomic E-state index is 0.0174. The average Bonchev–Trinajstić information content (AvgIpc) is 3.25. The lowest BCUT2D eigenvalue weighted by atomic mass is 10.1. The van der Waals surface area contributed by atoms with Crippen LogP contribution >= 0.6 is 0 Å². The number of piperazine rings is 1. The summed E-state index contributed by atoms with van der Waals surface area (Å²) in [5.41, 5.74) is 3.10. The molecule has 2 fully saturated rings. The number of benzene rings is 1. The van der Waals surface area contributed by atoms with Gasteiger partial charge in [-0.05, 0) is 37.6 Å². The molecular formula is C24H29N7O3. The summed E-state index contributed by atoms with van der Waals surface area (Å²) in [6.45, 7) is 8.24. The summed E-state index contributed by atoms with van der Waals surface area (Å²) in [6.07, 6.45) is 3.51. The third-order valence-corrected chi connectivity index (χ3v) is 6.49. The predicted octanol–water partition coefficient (Wildman–Crippen LogP) is 2.48. The first-order valence-electron chi connectivity index (χ1n) is 11.6. The lowest BCUT2D eigenvalue weighted by molar-refractivity contribution is 0.0303. The summed E-state index contributed by atoms with van der Waals surface area (Å²) in [7, 11) is 0. The van der Waals surface area contributed by atoms with E-state index in [0.29, 0.717) is 57.2 Å². The molecule has 2 aliphatic rings. The summed E-state index contributed by atoms with van der Waals surface area (Å²) in [6, 6.07) is 6.93. The van der Waals surface area contributed by atoms with E-state index in [4.69, 9.17) is 4.74 Å². The molecular weight excluding hydrogens is 434 g/mol. The Bertz CT molecular complexity index is 1200. The van der Waals surface area contributed by atoms with Crippen molar-refractivity contribution < 1.29 is 14.3 Å². The van der Waals surface area contributed by atoms with Crippen molar-refractivity contribution in [2.24, 2.45) is 0 Å². The number of amides is 3. The SMILES string of the molecule is Cc1c[nH]c2ncnc(N3CCN(C(=O)Nc4cccc(C(=O)N5CCOCC5)c4)[C@@H](C)C3)c12. The van der Waals surface area contributed by atoms with Crippen LogP contribution < -0.4 is 10.2 Å². The number of ether oxygens (including phenoxy) is 1. The quantitative estimate of drug-likeness (QED) is 0.618. The van der Waals surface area contributed by atoms with Crippen molar-refractivity contribution in [2.75, 3.05) is 56.2 Å². The number of urea groups is 1. The molecule has 10 nitrogen and oxygen atoms in total. The summed E-state index contributed by atoms with van der Waals surface area (Å²) >= 11 is 0. The third-order valence-electron chi connectivity index (χ3n) is 6.49. The van der Waals surface area contributed by atoms with E-state index in [0.717, 1.165) is 22.4 Å². The van der Waals surface area contributed by atoms with Crippen LogP contribution in [0.1, 0.15) is 22.8 Å². The molecule has 5 rings (SSSR count). The van der Waals surface area contributed by atoms with Crippen LogP contribution in [-0.4, -0.2) is 88.7 Å². The molecule has 0 unspecified atom stereocenters. The molecule has 34 heavy (non-hydrogen) atoms. The highest BCUT2D eigenvalue weighted by molar-refractivity contribution is 5.97. The number of rotatable bonds is 3. The topological polar surface area (TPSA) is 107 Å². The second-order valence-corrected chi connectivity index (χ2v) is 8.80. The van der Waals surface area contributed by atoms with Gasteiger partial charge in [0.25, 0.3) is 5.91 Å². The Balaban J connectivity index is 1.25. The number of aryl methyl sites for hydroxylation is 1. The Labute approximate surface area is 197 Å². The molecule has 178 valence electrons. The van der Waals surface area contributed by atoms with Crippen LogP contribution in [0.15, 0.2) is 36.8 Å². The molecule has 3 aromatic rings. The summed E-state index contributed by atoms with van der Waals surface area (Å²) in [5.74, 6) is 0.850. The van der Waals surface area contributed by atoms with E-state index in [9.17, 15) is 9.59 Å². The maximum absolute atomic E-state index is 13.1. The second-order valence-electron chi connectivity index (χ2n) is 8.80. The molecule has 2 N–H and O–H groups in total. The van der Waals surface area contributed by atoms with Crippen LogP contribution in [0.5, 0.6) is 0 Å². The molecule has 0 bridgehead atoms. The highest BCUT2D eigenvalue weighted by Crippen LogP contribution is 2.27. The Morgan fingerprint density at radius 3 is 2.76 bits per heavy atom. The van der Waals surface area contributed by atoms with Crippen molar-refractivity contribution in [3.63, 3.8) is 0 Å². The van der Waals surface area contributed by atoms with E-state index in [1.807, 2.05) is 24.9 Å². The fraction of sp³-hybridized carbons (Fsp3) is 0.417. The summed E-state index contributed by atoms with van der Waals surface area (Å²) in [4.78, 5) is 43.7. The third kappa shape index (κ3) is 4.28. The number of hydrogen-bond acceptors (Lipinski definition) is 6. The smallest absolute Gasteiger partial charge is 0.322 e. The van der Waals surface area contributed by atoms with E-state index >= 15 is 0 Å². The number of morpholine rings is 1. The van der Waals surface area contributed by atoms with Gasteiger partial charge in [0, 0.05) is 56.2 Å². The van der Waals surface area contributed by atoms with Gasteiger partial charge in [0.15, 0.2) is 0 Å². The number of hydrogen-bond donors (Lipinski definition) is 2. The Kier molecular flexibility index (Phi) is 6.06. The molecule has 0 spiro atoms. The van der Waals surface area contributed by atoms with Gasteiger partial charge >= 0.3 is 6.03 Å². The fourth-order valence-electron chi connectivity index (χ4n) is 4.66. The van der Waals surface area contributed by atoms with Gasteiger partial charge in [-0.25, -0.2) is 14.8 Å². The molecule has 3 amide bonds. The van der Waals surface area contributed by atoms with Gasteiger partial charge in [0.2, 0.25) is 0 Å². The molecule has 2 aliphatic heterocycles. The van der Waals surface area contributed by atoms with Gasteiger partial charge in [-0.3, -0.25) is 4.79 Å². The number of nitrogens with zero attached hydrogens (tertiary/aromatic N) is 5. The number of carbonyl (C=O) groups is 2. The molecule has 0 aliphatic carbocycles. The highest BCUT2D eigenvalue weighted by Gasteiger charge is 2.29. The predicted molar refractivity (Wildman–Crippen MR) is 129 cm³/mol. The highest BCUT2D eigenvalue weighted by atomic mass is 16.5. The monoisotopic (exact) mass is 463 g/mol. The Morgan fingerprint density at radius 1 is 1.15 bits per heavy atom. The van der Waals surface area contributed by atoms with Gasteiger partial charge in [-0.2, -0.15) is 0 Å². The number of nitrogens with one attached hydrogen (secondary N) is 2. The molecule has 1 aromatic carbocycles.